The van der Waals surface area contributed by atoms with Crippen molar-refractivity contribution in [1.29, 1.82) is 0 Å². The second kappa shape index (κ2) is 9.22. The standard InChI is InChI=1S/C25H36N2O6/c1-4-10-17(3)26-13-9-12-25-18(21(29)27(14-15-28)20(25)22(26)30)19-23(31)32-16-8-6-7-11-24(19,5-2)33-25/h7,9,11-12,17-20,28H,4-6,8,10,13-16H2,1-3H3/b11-7-/t17?,18-,19-,20?,24+,25-/m0/s1. The molecule has 0 aromatic rings. The first-order valence-corrected chi connectivity index (χ1v) is 12.3. The van der Waals surface area contributed by atoms with E-state index in [1.807, 2.05) is 38.2 Å². The summed E-state index contributed by atoms with van der Waals surface area (Å²) in [4.78, 5) is 44.4. The number of carbonyl (C=O) groups is 3. The van der Waals surface area contributed by atoms with Crippen LogP contribution in [0.3, 0.4) is 0 Å². The zero-order valence-corrected chi connectivity index (χ0v) is 19.9. The van der Waals surface area contributed by atoms with E-state index < -0.39 is 35.0 Å². The summed E-state index contributed by atoms with van der Waals surface area (Å²) in [6.45, 7) is 6.46. The average molecular weight is 461 g/mol. The molecule has 2 saturated heterocycles. The van der Waals surface area contributed by atoms with Gasteiger partial charge in [-0.25, -0.2) is 0 Å². The lowest BCUT2D eigenvalue weighted by molar-refractivity contribution is -0.161. The number of amides is 2. The molecule has 1 N–H and O–H groups in total. The first-order valence-electron chi connectivity index (χ1n) is 12.3. The van der Waals surface area contributed by atoms with E-state index in [0.29, 0.717) is 19.4 Å². The Morgan fingerprint density at radius 3 is 2.64 bits per heavy atom. The number of fused-ring (bicyclic) bond motifs is 2. The molecule has 4 rings (SSSR count). The predicted molar refractivity (Wildman–Crippen MR) is 121 cm³/mol. The highest BCUT2D eigenvalue weighted by molar-refractivity contribution is 5.99. The zero-order valence-electron chi connectivity index (χ0n) is 19.9. The lowest BCUT2D eigenvalue weighted by Crippen LogP contribution is -2.57. The molecule has 2 unspecified atom stereocenters. The van der Waals surface area contributed by atoms with E-state index in [1.54, 1.807) is 4.90 Å². The van der Waals surface area contributed by atoms with Crippen molar-refractivity contribution in [2.24, 2.45) is 11.8 Å². The number of β-amino-alcohol motifs (C(OH)–C–C–N with tert-alkyl or cyclic N) is 1. The Bertz CT molecular complexity index is 856. The first kappa shape index (κ1) is 24.0. The second-order valence-corrected chi connectivity index (χ2v) is 9.62. The van der Waals surface area contributed by atoms with Crippen LogP contribution in [0.25, 0.3) is 0 Å². The fraction of sp³-hybridized carbons (Fsp3) is 0.720. The van der Waals surface area contributed by atoms with Crippen LogP contribution >= 0.6 is 0 Å². The molecular weight excluding hydrogens is 424 g/mol. The van der Waals surface area contributed by atoms with Gasteiger partial charge in [0.1, 0.15) is 23.2 Å². The van der Waals surface area contributed by atoms with Crippen molar-refractivity contribution in [1.82, 2.24) is 9.80 Å². The maximum Gasteiger partial charge on any atom is 0.313 e. The summed E-state index contributed by atoms with van der Waals surface area (Å²) >= 11 is 0. The van der Waals surface area contributed by atoms with Gasteiger partial charge in [0.2, 0.25) is 11.8 Å². The molecule has 182 valence electrons. The van der Waals surface area contributed by atoms with Gasteiger partial charge in [-0.15, -0.1) is 0 Å². The van der Waals surface area contributed by atoms with Gasteiger partial charge in [-0.2, -0.15) is 0 Å². The van der Waals surface area contributed by atoms with Crippen LogP contribution in [-0.4, -0.2) is 82.3 Å². The number of aliphatic hydroxyl groups excluding tert-OH is 1. The molecule has 0 aromatic carbocycles. The molecule has 4 heterocycles. The molecule has 2 fully saturated rings. The van der Waals surface area contributed by atoms with Gasteiger partial charge in [-0.3, -0.25) is 14.4 Å². The van der Waals surface area contributed by atoms with Gasteiger partial charge in [0.15, 0.2) is 0 Å². The van der Waals surface area contributed by atoms with Gasteiger partial charge in [-0.05, 0) is 32.6 Å². The highest BCUT2D eigenvalue weighted by Crippen LogP contribution is 2.58. The number of rotatable bonds is 6. The molecule has 33 heavy (non-hydrogen) atoms. The van der Waals surface area contributed by atoms with Crippen LogP contribution in [0.15, 0.2) is 24.3 Å². The van der Waals surface area contributed by atoms with E-state index >= 15 is 0 Å². The van der Waals surface area contributed by atoms with E-state index in [1.165, 1.54) is 4.90 Å². The molecular formula is C25H36N2O6. The van der Waals surface area contributed by atoms with Gasteiger partial charge in [0, 0.05) is 19.1 Å². The summed E-state index contributed by atoms with van der Waals surface area (Å²) < 4.78 is 12.4. The zero-order chi connectivity index (χ0) is 23.8. The number of ether oxygens (including phenoxy) is 2. The lowest BCUT2D eigenvalue weighted by Gasteiger charge is -2.39. The summed E-state index contributed by atoms with van der Waals surface area (Å²) in [5.41, 5.74) is -2.31. The third kappa shape index (κ3) is 3.62. The Hall–Kier alpha value is -2.19. The molecule has 8 nitrogen and oxygen atoms in total. The third-order valence-electron chi connectivity index (χ3n) is 7.74. The largest absolute Gasteiger partial charge is 0.465 e. The van der Waals surface area contributed by atoms with Crippen molar-refractivity contribution >= 4 is 17.8 Å². The molecule has 0 aliphatic carbocycles. The van der Waals surface area contributed by atoms with Crippen LogP contribution < -0.4 is 0 Å². The molecule has 2 amide bonds. The Morgan fingerprint density at radius 2 is 1.94 bits per heavy atom. The number of hydrogen-bond acceptors (Lipinski definition) is 6. The number of likely N-dealkylation sites (tertiary alicyclic amines) is 1. The number of esters is 1. The van der Waals surface area contributed by atoms with Crippen LogP contribution in [0, 0.1) is 11.8 Å². The number of aliphatic hydroxyl groups is 1. The van der Waals surface area contributed by atoms with Gasteiger partial charge in [0.05, 0.1) is 19.1 Å². The second-order valence-electron chi connectivity index (χ2n) is 9.62. The van der Waals surface area contributed by atoms with Crippen LogP contribution in [-0.2, 0) is 23.9 Å². The first-order chi connectivity index (χ1) is 15.9. The minimum atomic E-state index is -1.28. The van der Waals surface area contributed by atoms with E-state index in [9.17, 15) is 19.5 Å². The fourth-order valence-electron chi connectivity index (χ4n) is 6.21. The SMILES string of the molecule is CCCC(C)N1CC=C[C@]23O[C@]4(CC)/C=C\CCCOC(=O)[C@@H]4[C@H]2C(=O)N(CCO)C3C1=O. The fourth-order valence-corrected chi connectivity index (χ4v) is 6.21. The molecule has 1 spiro atoms. The monoisotopic (exact) mass is 460 g/mol. The van der Waals surface area contributed by atoms with Gasteiger partial charge < -0.3 is 24.4 Å². The normalized spacial score (nSPS) is 37.9. The van der Waals surface area contributed by atoms with Gasteiger partial charge >= 0.3 is 5.97 Å². The molecule has 0 aromatic heterocycles. The lowest BCUT2D eigenvalue weighted by atomic mass is 9.73. The number of carbonyl (C=O) groups excluding carboxylic acids is 3. The number of allylic oxidation sites excluding steroid dienone is 1. The molecule has 4 aliphatic rings. The molecule has 4 aliphatic heterocycles. The van der Waals surface area contributed by atoms with Crippen molar-refractivity contribution in [2.45, 2.75) is 76.2 Å². The molecule has 0 radical (unpaired) electrons. The van der Waals surface area contributed by atoms with Crippen LogP contribution in [0.4, 0.5) is 0 Å². The van der Waals surface area contributed by atoms with Crippen LogP contribution in [0.2, 0.25) is 0 Å². The van der Waals surface area contributed by atoms with Crippen LogP contribution in [0.5, 0.6) is 0 Å². The van der Waals surface area contributed by atoms with Crippen molar-refractivity contribution < 1.29 is 29.0 Å². The maximum absolute atomic E-state index is 14.0. The Morgan fingerprint density at radius 1 is 1.15 bits per heavy atom. The quantitative estimate of drug-likeness (QED) is 0.480. The van der Waals surface area contributed by atoms with E-state index in [-0.39, 0.29) is 37.6 Å². The molecule has 8 heteroatoms. The van der Waals surface area contributed by atoms with Crippen LogP contribution in [0.1, 0.15) is 52.9 Å². The van der Waals surface area contributed by atoms with Crippen molar-refractivity contribution in [3.05, 3.63) is 24.3 Å². The minimum absolute atomic E-state index is 0.00369. The van der Waals surface area contributed by atoms with Crippen molar-refractivity contribution in [3.63, 3.8) is 0 Å². The van der Waals surface area contributed by atoms with E-state index in [0.717, 1.165) is 19.3 Å². The summed E-state index contributed by atoms with van der Waals surface area (Å²) in [7, 11) is 0. The Labute approximate surface area is 195 Å². The summed E-state index contributed by atoms with van der Waals surface area (Å²) in [5.74, 6) is -2.72. The van der Waals surface area contributed by atoms with Crippen molar-refractivity contribution in [3.8, 4) is 0 Å². The molecule has 0 bridgehead atoms. The minimum Gasteiger partial charge on any atom is -0.465 e. The molecule has 0 saturated carbocycles. The smallest absolute Gasteiger partial charge is 0.313 e. The highest BCUT2D eigenvalue weighted by Gasteiger charge is 2.75. The van der Waals surface area contributed by atoms with E-state index in [2.05, 4.69) is 6.92 Å². The summed E-state index contributed by atoms with van der Waals surface area (Å²) in [6.07, 6.45) is 11.3. The van der Waals surface area contributed by atoms with Gasteiger partial charge in [0.25, 0.3) is 0 Å². The predicted octanol–water partition coefficient (Wildman–Crippen LogP) is 1.82. The summed E-state index contributed by atoms with van der Waals surface area (Å²) in [6, 6.07) is -0.934. The van der Waals surface area contributed by atoms with Gasteiger partial charge in [-0.1, -0.05) is 44.6 Å². The maximum atomic E-state index is 14.0. The molecule has 6 atom stereocenters. The van der Waals surface area contributed by atoms with Crippen molar-refractivity contribution in [2.75, 3.05) is 26.3 Å². The highest BCUT2D eigenvalue weighted by atomic mass is 16.6. The summed E-state index contributed by atoms with van der Waals surface area (Å²) in [5, 5.41) is 9.73. The average Bonchev–Trinajstić information content (AvgIpc) is 3.16. The Kier molecular flexibility index (Phi) is 6.69. The topological polar surface area (TPSA) is 96.4 Å². The Balaban J connectivity index is 1.86. The number of hydrogen-bond donors (Lipinski definition) is 1. The van der Waals surface area contributed by atoms with E-state index in [4.69, 9.17) is 9.47 Å². The number of nitrogens with zero attached hydrogens (tertiary/aromatic N) is 2. The third-order valence-corrected chi connectivity index (χ3v) is 7.74. The number of cyclic esters (lactones) is 1.